The maximum absolute atomic E-state index is 11.6. The highest BCUT2D eigenvalue weighted by Crippen LogP contribution is 2.33. The van der Waals surface area contributed by atoms with Gasteiger partial charge in [0.1, 0.15) is 0 Å². The molecule has 3 N–H and O–H groups in total. The highest BCUT2D eigenvalue weighted by atomic mass is 16.1. The average molecular weight is 232 g/mol. The van der Waals surface area contributed by atoms with Gasteiger partial charge >= 0.3 is 0 Å². The van der Waals surface area contributed by atoms with Crippen LogP contribution in [0.3, 0.4) is 0 Å². The molecule has 0 bridgehead atoms. The maximum Gasteiger partial charge on any atom is 0.251 e. The van der Waals surface area contributed by atoms with Crippen molar-refractivity contribution >= 4 is 11.6 Å². The first kappa shape index (κ1) is 12.0. The van der Waals surface area contributed by atoms with Crippen LogP contribution < -0.4 is 11.1 Å². The highest BCUT2D eigenvalue weighted by molar-refractivity contribution is 5.95. The Hall–Kier alpha value is -1.51. The molecule has 1 fully saturated rings. The fraction of sp³-hybridized carbons (Fsp3) is 0.500. The van der Waals surface area contributed by atoms with Gasteiger partial charge in [-0.1, -0.05) is 19.3 Å². The maximum atomic E-state index is 11.6. The van der Waals surface area contributed by atoms with Crippen LogP contribution in [-0.2, 0) is 0 Å². The van der Waals surface area contributed by atoms with E-state index in [1.165, 1.54) is 37.7 Å². The van der Waals surface area contributed by atoms with Crippen molar-refractivity contribution in [2.45, 2.75) is 38.0 Å². The molecule has 0 unspecified atom stereocenters. The molecule has 0 radical (unpaired) electrons. The van der Waals surface area contributed by atoms with Gasteiger partial charge in [-0.15, -0.1) is 0 Å². The topological polar surface area (TPSA) is 55.1 Å². The molecule has 3 nitrogen and oxygen atoms in total. The van der Waals surface area contributed by atoms with Crippen molar-refractivity contribution in [1.82, 2.24) is 5.32 Å². The summed E-state index contributed by atoms with van der Waals surface area (Å²) in [5.41, 5.74) is 8.46. The summed E-state index contributed by atoms with van der Waals surface area (Å²) in [4.78, 5) is 11.6. The normalized spacial score (nSPS) is 16.8. The minimum atomic E-state index is -0.0608. The Bertz CT molecular complexity index is 409. The molecular formula is C14H20N2O. The standard InChI is InChI=1S/C14H20N2O/c1-16-14(17)12-7-11(8-13(15)9-12)10-5-3-2-4-6-10/h7-10H,2-6,15H2,1H3,(H,16,17). The number of carbonyl (C=O) groups excluding carboxylic acids is 1. The lowest BCUT2D eigenvalue weighted by Crippen LogP contribution is -2.18. The zero-order valence-electron chi connectivity index (χ0n) is 10.3. The van der Waals surface area contributed by atoms with Crippen LogP contribution in [0.25, 0.3) is 0 Å². The second-order valence-electron chi connectivity index (χ2n) is 4.80. The fourth-order valence-electron chi connectivity index (χ4n) is 2.62. The van der Waals surface area contributed by atoms with E-state index in [0.717, 1.165) is 0 Å². The zero-order valence-corrected chi connectivity index (χ0v) is 10.3. The van der Waals surface area contributed by atoms with Gasteiger partial charge in [-0.3, -0.25) is 4.79 Å². The molecule has 0 saturated heterocycles. The second-order valence-corrected chi connectivity index (χ2v) is 4.80. The number of nitrogen functional groups attached to an aromatic ring is 1. The van der Waals surface area contributed by atoms with Gasteiger partial charge in [0.15, 0.2) is 0 Å². The molecule has 0 aliphatic heterocycles. The number of carbonyl (C=O) groups is 1. The molecule has 1 aromatic rings. The number of anilines is 1. The summed E-state index contributed by atoms with van der Waals surface area (Å²) >= 11 is 0. The number of benzene rings is 1. The van der Waals surface area contributed by atoms with Crippen LogP contribution in [0, 0.1) is 0 Å². The van der Waals surface area contributed by atoms with Gasteiger partial charge in [0.25, 0.3) is 5.91 Å². The van der Waals surface area contributed by atoms with E-state index < -0.39 is 0 Å². The number of rotatable bonds is 2. The Kier molecular flexibility index (Phi) is 3.67. The molecule has 1 saturated carbocycles. The van der Waals surface area contributed by atoms with Crippen LogP contribution in [0.4, 0.5) is 5.69 Å². The molecule has 0 heterocycles. The Morgan fingerprint density at radius 1 is 1.24 bits per heavy atom. The van der Waals surface area contributed by atoms with Crippen molar-refractivity contribution in [2.75, 3.05) is 12.8 Å². The van der Waals surface area contributed by atoms with E-state index in [4.69, 9.17) is 5.73 Å². The molecule has 0 atom stereocenters. The van der Waals surface area contributed by atoms with Crippen molar-refractivity contribution in [3.05, 3.63) is 29.3 Å². The summed E-state index contributed by atoms with van der Waals surface area (Å²) < 4.78 is 0. The molecule has 1 aromatic carbocycles. The van der Waals surface area contributed by atoms with Crippen LogP contribution in [0.2, 0.25) is 0 Å². The molecule has 0 aromatic heterocycles. The van der Waals surface area contributed by atoms with E-state index in [-0.39, 0.29) is 5.91 Å². The van der Waals surface area contributed by atoms with Gasteiger partial charge in [0, 0.05) is 18.3 Å². The smallest absolute Gasteiger partial charge is 0.251 e. The quantitative estimate of drug-likeness (QED) is 0.770. The van der Waals surface area contributed by atoms with Crippen LogP contribution in [-0.4, -0.2) is 13.0 Å². The van der Waals surface area contributed by atoms with Gasteiger partial charge in [0.05, 0.1) is 0 Å². The predicted molar refractivity (Wildman–Crippen MR) is 70.1 cm³/mol. The van der Waals surface area contributed by atoms with Crippen LogP contribution in [0.1, 0.15) is 53.9 Å². The minimum Gasteiger partial charge on any atom is -0.399 e. The lowest BCUT2D eigenvalue weighted by atomic mass is 9.83. The van der Waals surface area contributed by atoms with E-state index in [1.807, 2.05) is 12.1 Å². The van der Waals surface area contributed by atoms with Gasteiger partial charge in [-0.2, -0.15) is 0 Å². The molecule has 17 heavy (non-hydrogen) atoms. The van der Waals surface area contributed by atoms with E-state index in [9.17, 15) is 4.79 Å². The third-order valence-electron chi connectivity index (χ3n) is 3.54. The number of amides is 1. The highest BCUT2D eigenvalue weighted by Gasteiger charge is 2.17. The zero-order chi connectivity index (χ0) is 12.3. The lowest BCUT2D eigenvalue weighted by Gasteiger charge is -2.22. The molecular weight excluding hydrogens is 212 g/mol. The SMILES string of the molecule is CNC(=O)c1cc(N)cc(C2CCCCC2)c1. The van der Waals surface area contributed by atoms with E-state index in [1.54, 1.807) is 13.1 Å². The third-order valence-corrected chi connectivity index (χ3v) is 3.54. The largest absolute Gasteiger partial charge is 0.399 e. The van der Waals surface area contributed by atoms with Crippen LogP contribution in [0.15, 0.2) is 18.2 Å². The van der Waals surface area contributed by atoms with Crippen LogP contribution >= 0.6 is 0 Å². The summed E-state index contributed by atoms with van der Waals surface area (Å²) in [5.74, 6) is 0.519. The molecule has 92 valence electrons. The Morgan fingerprint density at radius 3 is 2.59 bits per heavy atom. The van der Waals surface area contributed by atoms with E-state index in [0.29, 0.717) is 17.2 Å². The summed E-state index contributed by atoms with van der Waals surface area (Å²) in [5, 5.41) is 2.64. The summed E-state index contributed by atoms with van der Waals surface area (Å²) in [6.45, 7) is 0. The Labute approximate surface area is 102 Å². The van der Waals surface area contributed by atoms with Gasteiger partial charge < -0.3 is 11.1 Å². The number of hydrogen-bond donors (Lipinski definition) is 2. The van der Waals surface area contributed by atoms with Crippen LogP contribution in [0.5, 0.6) is 0 Å². The third kappa shape index (κ3) is 2.78. The van der Waals surface area contributed by atoms with Gasteiger partial charge in [-0.25, -0.2) is 0 Å². The molecule has 3 heteroatoms. The molecule has 2 rings (SSSR count). The Balaban J connectivity index is 2.27. The van der Waals surface area contributed by atoms with Gasteiger partial charge in [0.2, 0.25) is 0 Å². The fourth-order valence-corrected chi connectivity index (χ4v) is 2.62. The first-order valence-corrected chi connectivity index (χ1v) is 6.33. The second kappa shape index (κ2) is 5.21. The lowest BCUT2D eigenvalue weighted by molar-refractivity contribution is 0.0963. The summed E-state index contributed by atoms with van der Waals surface area (Å²) in [6.07, 6.45) is 6.35. The number of nitrogens with two attached hydrogens (primary N) is 1. The molecule has 1 aliphatic rings. The Morgan fingerprint density at radius 2 is 1.94 bits per heavy atom. The van der Waals surface area contributed by atoms with Crippen molar-refractivity contribution < 1.29 is 4.79 Å². The molecule has 0 spiro atoms. The van der Waals surface area contributed by atoms with Crippen molar-refractivity contribution in [3.8, 4) is 0 Å². The number of hydrogen-bond acceptors (Lipinski definition) is 2. The number of nitrogens with one attached hydrogen (secondary N) is 1. The first-order chi connectivity index (χ1) is 8.20. The van der Waals surface area contributed by atoms with E-state index >= 15 is 0 Å². The molecule has 1 amide bonds. The minimum absolute atomic E-state index is 0.0608. The molecule has 1 aliphatic carbocycles. The summed E-state index contributed by atoms with van der Waals surface area (Å²) in [6, 6.07) is 5.75. The van der Waals surface area contributed by atoms with Gasteiger partial charge in [-0.05, 0) is 42.5 Å². The monoisotopic (exact) mass is 232 g/mol. The van der Waals surface area contributed by atoms with Crippen molar-refractivity contribution in [3.63, 3.8) is 0 Å². The van der Waals surface area contributed by atoms with E-state index in [2.05, 4.69) is 5.32 Å². The summed E-state index contributed by atoms with van der Waals surface area (Å²) in [7, 11) is 1.64. The first-order valence-electron chi connectivity index (χ1n) is 6.33. The van der Waals surface area contributed by atoms with Crippen molar-refractivity contribution in [1.29, 1.82) is 0 Å². The van der Waals surface area contributed by atoms with Crippen molar-refractivity contribution in [2.24, 2.45) is 0 Å². The predicted octanol–water partition coefficient (Wildman–Crippen LogP) is 2.68. The average Bonchev–Trinajstić information content (AvgIpc) is 2.38.